The minimum absolute atomic E-state index is 0.00239. The second-order valence-electron chi connectivity index (χ2n) is 7.17. The summed E-state index contributed by atoms with van der Waals surface area (Å²) in [5.41, 5.74) is 3.83. The second-order valence-corrected chi connectivity index (χ2v) is 7.17. The number of hydrogen-bond acceptors (Lipinski definition) is 4. The van der Waals surface area contributed by atoms with Crippen LogP contribution in [0.3, 0.4) is 0 Å². The van der Waals surface area contributed by atoms with Gasteiger partial charge in [0.25, 0.3) is 0 Å². The number of allylic oxidation sites excluding steroid dienone is 2. The highest BCUT2D eigenvalue weighted by molar-refractivity contribution is 5.75. The Kier molecular flexibility index (Phi) is 3.26. The van der Waals surface area contributed by atoms with Crippen molar-refractivity contribution in [2.24, 2.45) is 11.8 Å². The van der Waals surface area contributed by atoms with Crippen LogP contribution in [0.1, 0.15) is 43.2 Å². The average molecular weight is 311 g/mol. The average Bonchev–Trinajstić information content (AvgIpc) is 2.78. The maximum Gasteiger partial charge on any atom is 0.115 e. The number of nitrogens with zero attached hydrogens (tertiary/aromatic N) is 1. The van der Waals surface area contributed by atoms with E-state index >= 15 is 0 Å². The van der Waals surface area contributed by atoms with Crippen molar-refractivity contribution in [1.29, 1.82) is 5.26 Å². The van der Waals surface area contributed by atoms with Crippen molar-refractivity contribution < 1.29 is 15.3 Å². The Hall–Kier alpha value is -1.83. The number of rotatable bonds is 1. The second kappa shape index (κ2) is 5.09. The molecule has 3 aliphatic rings. The third kappa shape index (κ3) is 2.04. The van der Waals surface area contributed by atoms with Crippen molar-refractivity contribution in [3.8, 4) is 11.8 Å². The van der Waals surface area contributed by atoms with Crippen molar-refractivity contribution in [3.05, 3.63) is 34.9 Å². The highest BCUT2D eigenvalue weighted by atomic mass is 16.3. The van der Waals surface area contributed by atoms with E-state index in [2.05, 4.69) is 6.07 Å². The third-order valence-corrected chi connectivity index (χ3v) is 6.16. The van der Waals surface area contributed by atoms with Crippen LogP contribution in [0.25, 0.3) is 5.57 Å². The monoisotopic (exact) mass is 311 g/mol. The van der Waals surface area contributed by atoms with Crippen LogP contribution in [0, 0.1) is 23.2 Å². The zero-order chi connectivity index (χ0) is 16.2. The van der Waals surface area contributed by atoms with Gasteiger partial charge >= 0.3 is 0 Å². The molecule has 4 nitrogen and oxygen atoms in total. The van der Waals surface area contributed by atoms with E-state index in [9.17, 15) is 15.3 Å². The lowest BCUT2D eigenvalue weighted by atomic mass is 9.67. The number of aryl methyl sites for hydroxylation is 1. The molecule has 1 aromatic rings. The zero-order valence-corrected chi connectivity index (χ0v) is 13.0. The van der Waals surface area contributed by atoms with Gasteiger partial charge in [0, 0.05) is 0 Å². The van der Waals surface area contributed by atoms with E-state index in [1.165, 1.54) is 22.3 Å². The first kappa shape index (κ1) is 14.7. The largest absolute Gasteiger partial charge is 0.508 e. The normalized spacial score (nSPS) is 35.3. The van der Waals surface area contributed by atoms with Gasteiger partial charge < -0.3 is 15.3 Å². The van der Waals surface area contributed by atoms with Gasteiger partial charge in [-0.05, 0) is 72.8 Å². The van der Waals surface area contributed by atoms with Crippen LogP contribution >= 0.6 is 0 Å². The smallest absolute Gasteiger partial charge is 0.115 e. The van der Waals surface area contributed by atoms with Crippen LogP contribution in [0.15, 0.2) is 23.8 Å². The van der Waals surface area contributed by atoms with Gasteiger partial charge in [0.15, 0.2) is 0 Å². The van der Waals surface area contributed by atoms with E-state index in [0.717, 1.165) is 25.7 Å². The number of phenols is 1. The Balaban J connectivity index is 1.76. The topological polar surface area (TPSA) is 84.5 Å². The Labute approximate surface area is 135 Å². The number of phenolic OH excluding ortho intramolecular Hbond substituents is 1. The highest BCUT2D eigenvalue weighted by Gasteiger charge is 2.55. The molecule has 0 spiro atoms. The van der Waals surface area contributed by atoms with Crippen LogP contribution < -0.4 is 0 Å². The summed E-state index contributed by atoms with van der Waals surface area (Å²) in [6, 6.07) is 7.63. The van der Waals surface area contributed by atoms with E-state index in [-0.39, 0.29) is 18.3 Å². The Morgan fingerprint density at radius 1 is 1.26 bits per heavy atom. The molecule has 23 heavy (non-hydrogen) atoms. The Morgan fingerprint density at radius 2 is 2.09 bits per heavy atom. The summed E-state index contributed by atoms with van der Waals surface area (Å²) in [4.78, 5) is 0. The lowest BCUT2D eigenvalue weighted by molar-refractivity contribution is -0.0810. The van der Waals surface area contributed by atoms with E-state index in [0.29, 0.717) is 12.2 Å². The molecule has 0 amide bonds. The van der Waals surface area contributed by atoms with Crippen LogP contribution in [-0.2, 0) is 6.42 Å². The number of nitriles is 1. The van der Waals surface area contributed by atoms with Crippen LogP contribution in [0.2, 0.25) is 0 Å². The van der Waals surface area contributed by atoms with Crippen molar-refractivity contribution in [2.45, 2.75) is 50.2 Å². The molecule has 1 fully saturated rings. The molecule has 3 aliphatic carbocycles. The third-order valence-electron chi connectivity index (χ3n) is 6.16. The van der Waals surface area contributed by atoms with E-state index in [1.54, 1.807) is 6.07 Å². The molecule has 4 heteroatoms. The molecule has 4 atom stereocenters. The maximum atomic E-state index is 10.8. The summed E-state index contributed by atoms with van der Waals surface area (Å²) < 4.78 is 0. The van der Waals surface area contributed by atoms with E-state index in [4.69, 9.17) is 5.26 Å². The summed E-state index contributed by atoms with van der Waals surface area (Å²) >= 11 is 0. The van der Waals surface area contributed by atoms with Crippen LogP contribution in [-0.4, -0.2) is 27.0 Å². The lowest BCUT2D eigenvalue weighted by Gasteiger charge is -2.39. The lowest BCUT2D eigenvalue weighted by Crippen LogP contribution is -2.44. The molecule has 1 aromatic carbocycles. The van der Waals surface area contributed by atoms with Gasteiger partial charge in [-0.15, -0.1) is 0 Å². The summed E-state index contributed by atoms with van der Waals surface area (Å²) in [5.74, 6) is 0.463. The fourth-order valence-corrected chi connectivity index (χ4v) is 5.09. The number of benzene rings is 1. The number of hydrogen-bond donors (Lipinski definition) is 3. The molecule has 4 unspecified atom stereocenters. The van der Waals surface area contributed by atoms with Gasteiger partial charge in [0.2, 0.25) is 0 Å². The van der Waals surface area contributed by atoms with Gasteiger partial charge in [-0.2, -0.15) is 5.26 Å². The molecular weight excluding hydrogens is 290 g/mol. The molecule has 3 N–H and O–H groups in total. The molecule has 0 saturated heterocycles. The minimum Gasteiger partial charge on any atom is -0.508 e. The van der Waals surface area contributed by atoms with Crippen molar-refractivity contribution in [1.82, 2.24) is 0 Å². The molecule has 0 aromatic heterocycles. The SMILES string of the molecule is N#CCC1(O)C(O)CC2C3=C(CCC21)c1ccc(O)cc1CC3. The zero-order valence-electron chi connectivity index (χ0n) is 13.0. The minimum atomic E-state index is -1.26. The Bertz CT molecular complexity index is 733. The number of aliphatic hydroxyl groups is 2. The van der Waals surface area contributed by atoms with Gasteiger partial charge in [-0.3, -0.25) is 0 Å². The van der Waals surface area contributed by atoms with Crippen LogP contribution in [0.4, 0.5) is 0 Å². The fourth-order valence-electron chi connectivity index (χ4n) is 5.09. The Morgan fingerprint density at radius 3 is 2.87 bits per heavy atom. The molecule has 0 aliphatic heterocycles. The first-order chi connectivity index (χ1) is 11.0. The number of aromatic hydroxyl groups is 1. The highest BCUT2D eigenvalue weighted by Crippen LogP contribution is 2.55. The fraction of sp³-hybridized carbons (Fsp3) is 0.526. The predicted molar refractivity (Wildman–Crippen MR) is 85.4 cm³/mol. The van der Waals surface area contributed by atoms with Gasteiger partial charge in [-0.25, -0.2) is 0 Å². The van der Waals surface area contributed by atoms with E-state index < -0.39 is 11.7 Å². The predicted octanol–water partition coefficient (Wildman–Crippen LogP) is 2.53. The number of fused-ring (bicyclic) bond motifs is 4. The summed E-state index contributed by atoms with van der Waals surface area (Å²) in [7, 11) is 0. The molecule has 0 bridgehead atoms. The first-order valence-corrected chi connectivity index (χ1v) is 8.36. The summed E-state index contributed by atoms with van der Waals surface area (Å²) in [5, 5.41) is 39.9. The molecule has 1 saturated carbocycles. The quantitative estimate of drug-likeness (QED) is 0.744. The summed E-state index contributed by atoms with van der Waals surface area (Å²) in [6.07, 6.45) is 3.22. The van der Waals surface area contributed by atoms with Crippen LogP contribution in [0.5, 0.6) is 5.75 Å². The number of aliphatic hydroxyl groups excluding tert-OH is 1. The summed E-state index contributed by atoms with van der Waals surface area (Å²) in [6.45, 7) is 0. The van der Waals surface area contributed by atoms with Crippen molar-refractivity contribution in [2.75, 3.05) is 0 Å². The first-order valence-electron chi connectivity index (χ1n) is 8.36. The van der Waals surface area contributed by atoms with Gasteiger partial charge in [0.1, 0.15) is 11.4 Å². The molecular formula is C19H21NO3. The van der Waals surface area contributed by atoms with Gasteiger partial charge in [-0.1, -0.05) is 11.6 Å². The van der Waals surface area contributed by atoms with Crippen molar-refractivity contribution in [3.63, 3.8) is 0 Å². The van der Waals surface area contributed by atoms with Crippen molar-refractivity contribution >= 4 is 5.57 Å². The molecule has 0 radical (unpaired) electrons. The molecule has 120 valence electrons. The maximum absolute atomic E-state index is 10.8. The standard InChI is InChI=1S/C19H21NO3/c20-8-7-19(23)17-6-5-14-13-4-2-12(21)9-11(13)1-3-15(14)16(17)10-18(19)22/h2,4,9,16-18,21-23H,1,3,5-7,10H2. The molecule has 4 rings (SSSR count). The van der Waals surface area contributed by atoms with E-state index in [1.807, 2.05) is 12.1 Å². The molecule has 0 heterocycles. The van der Waals surface area contributed by atoms with Gasteiger partial charge in [0.05, 0.1) is 18.6 Å².